The Balaban J connectivity index is 2.54. The summed E-state index contributed by atoms with van der Waals surface area (Å²) < 4.78 is 0. The molecule has 0 saturated carbocycles. The number of nitrogens with one attached hydrogen (secondary N) is 2. The minimum atomic E-state index is -1.19. The quantitative estimate of drug-likeness (QED) is 0.426. The first-order valence-electron chi connectivity index (χ1n) is 5.90. The van der Waals surface area contributed by atoms with E-state index < -0.39 is 44.2 Å². The van der Waals surface area contributed by atoms with Crippen molar-refractivity contribution in [3.05, 3.63) is 53.5 Å². The molecule has 1 aliphatic rings. The van der Waals surface area contributed by atoms with Crippen LogP contribution in [0.15, 0.2) is 16.9 Å². The SMILES string of the molecule is O=C1Cc2cc([N+](=O)[O-])cc3[nH]c(=O)c([N+](=O)[O-])c(c23)[NH+]1[O-]. The Kier molecular flexibility index (Phi) is 2.76. The summed E-state index contributed by atoms with van der Waals surface area (Å²) in [5.41, 5.74) is -3.20. The molecule has 0 bridgehead atoms. The predicted octanol–water partition coefficient (Wildman–Crippen LogP) is -0.559. The molecule has 0 radical (unpaired) electrons. The topological polar surface area (TPSA) is 164 Å². The van der Waals surface area contributed by atoms with Crippen molar-refractivity contribution < 1.29 is 19.7 Å². The number of carbonyl (C=O) groups excluding carboxylic acids is 1. The van der Waals surface area contributed by atoms with Crippen LogP contribution in [0.2, 0.25) is 0 Å². The number of aromatic amines is 1. The second-order valence-electron chi connectivity index (χ2n) is 4.65. The minimum Gasteiger partial charge on any atom is -0.621 e. The molecule has 1 amide bonds. The monoisotopic (exact) mass is 306 g/mol. The highest BCUT2D eigenvalue weighted by molar-refractivity contribution is 6.01. The number of carbonyl (C=O) groups is 1. The van der Waals surface area contributed by atoms with Gasteiger partial charge in [0.2, 0.25) is 5.69 Å². The molecule has 1 aromatic heterocycles. The van der Waals surface area contributed by atoms with Gasteiger partial charge >= 0.3 is 17.2 Å². The van der Waals surface area contributed by atoms with E-state index in [1.54, 1.807) is 0 Å². The summed E-state index contributed by atoms with van der Waals surface area (Å²) in [7, 11) is 0. The van der Waals surface area contributed by atoms with Crippen molar-refractivity contribution in [2.75, 3.05) is 0 Å². The van der Waals surface area contributed by atoms with Crippen molar-refractivity contribution >= 4 is 33.9 Å². The number of nitrogens with zero attached hydrogens (tertiary/aromatic N) is 2. The number of nitro benzene ring substituents is 1. The van der Waals surface area contributed by atoms with E-state index >= 15 is 0 Å². The molecule has 0 aliphatic carbocycles. The molecule has 1 atom stereocenters. The molecular weight excluding hydrogens is 300 g/mol. The Morgan fingerprint density at radius 2 is 1.82 bits per heavy atom. The first-order chi connectivity index (χ1) is 10.3. The number of nitro groups is 2. The number of amides is 1. The summed E-state index contributed by atoms with van der Waals surface area (Å²) in [4.78, 5) is 45.8. The first-order valence-corrected chi connectivity index (χ1v) is 5.90. The molecule has 11 heteroatoms. The first kappa shape index (κ1) is 13.8. The van der Waals surface area contributed by atoms with E-state index in [4.69, 9.17) is 0 Å². The molecular formula is C11H6N4O7. The van der Waals surface area contributed by atoms with Crippen molar-refractivity contribution in [1.29, 1.82) is 0 Å². The molecule has 3 rings (SSSR count). The Morgan fingerprint density at radius 1 is 1.14 bits per heavy atom. The number of hydroxylamine groups is 1. The van der Waals surface area contributed by atoms with E-state index in [9.17, 15) is 35.0 Å². The van der Waals surface area contributed by atoms with Crippen molar-refractivity contribution in [2.45, 2.75) is 6.42 Å². The standard InChI is InChI=1S/C11H6N4O7/c16-7-2-4-1-5(14(19)20)3-6-8(4)9(13(7)18)10(15(21)22)11(17)12-6/h1,3,13H,2H2,(H,12,17). The third-order valence-corrected chi connectivity index (χ3v) is 3.38. The van der Waals surface area contributed by atoms with E-state index in [1.165, 1.54) is 0 Å². The lowest BCUT2D eigenvalue weighted by atomic mass is 9.98. The van der Waals surface area contributed by atoms with E-state index in [2.05, 4.69) is 4.98 Å². The van der Waals surface area contributed by atoms with Gasteiger partial charge < -0.3 is 10.2 Å². The largest absolute Gasteiger partial charge is 0.621 e. The van der Waals surface area contributed by atoms with E-state index in [-0.39, 0.29) is 22.2 Å². The van der Waals surface area contributed by atoms with Crippen molar-refractivity contribution in [2.24, 2.45) is 0 Å². The van der Waals surface area contributed by atoms with Gasteiger partial charge in [-0.2, -0.15) is 0 Å². The highest BCUT2D eigenvalue weighted by atomic mass is 16.6. The van der Waals surface area contributed by atoms with Crippen LogP contribution in [0.25, 0.3) is 10.9 Å². The summed E-state index contributed by atoms with van der Waals surface area (Å²) in [6.07, 6.45) is -0.410. The number of quaternary nitrogens is 1. The zero-order chi connectivity index (χ0) is 16.2. The van der Waals surface area contributed by atoms with E-state index in [1.807, 2.05) is 0 Å². The highest BCUT2D eigenvalue weighted by Crippen LogP contribution is 2.33. The molecule has 22 heavy (non-hydrogen) atoms. The second kappa shape index (κ2) is 4.41. The van der Waals surface area contributed by atoms with Crippen LogP contribution < -0.4 is 10.6 Å². The van der Waals surface area contributed by atoms with Gasteiger partial charge in [-0.3, -0.25) is 30.1 Å². The van der Waals surface area contributed by atoms with Crippen LogP contribution in [0, 0.1) is 25.4 Å². The third-order valence-electron chi connectivity index (χ3n) is 3.38. The Hall–Kier alpha value is -3.18. The smallest absolute Gasteiger partial charge is 0.395 e. The van der Waals surface area contributed by atoms with Gasteiger partial charge in [0.25, 0.3) is 5.69 Å². The lowest BCUT2D eigenvalue weighted by Gasteiger charge is -2.24. The van der Waals surface area contributed by atoms with Gasteiger partial charge in [0.1, 0.15) is 0 Å². The third kappa shape index (κ3) is 1.77. The van der Waals surface area contributed by atoms with Crippen LogP contribution in [0.4, 0.5) is 17.1 Å². The van der Waals surface area contributed by atoms with Gasteiger partial charge in [0, 0.05) is 12.1 Å². The zero-order valence-electron chi connectivity index (χ0n) is 10.6. The maximum Gasteiger partial charge on any atom is 0.395 e. The molecule has 1 aliphatic heterocycles. The molecule has 0 saturated heterocycles. The second-order valence-corrected chi connectivity index (χ2v) is 4.65. The highest BCUT2D eigenvalue weighted by Gasteiger charge is 2.37. The molecule has 1 aromatic carbocycles. The van der Waals surface area contributed by atoms with Gasteiger partial charge in [0.05, 0.1) is 27.2 Å². The van der Waals surface area contributed by atoms with Crippen molar-refractivity contribution in [3.63, 3.8) is 0 Å². The fourth-order valence-corrected chi connectivity index (χ4v) is 2.53. The average Bonchev–Trinajstić information content (AvgIpc) is 2.42. The summed E-state index contributed by atoms with van der Waals surface area (Å²) >= 11 is 0. The fourth-order valence-electron chi connectivity index (χ4n) is 2.53. The molecule has 2 aromatic rings. The van der Waals surface area contributed by atoms with Gasteiger partial charge in [-0.25, -0.2) is 4.79 Å². The Labute approximate surface area is 119 Å². The van der Waals surface area contributed by atoms with Crippen LogP contribution in [0.1, 0.15) is 5.56 Å². The lowest BCUT2D eigenvalue weighted by molar-refractivity contribution is -0.691. The van der Waals surface area contributed by atoms with E-state index in [0.717, 1.165) is 12.1 Å². The normalized spacial score (nSPS) is 16.8. The van der Waals surface area contributed by atoms with Gasteiger partial charge in [0.15, 0.2) is 0 Å². The van der Waals surface area contributed by atoms with Crippen LogP contribution in [-0.2, 0) is 11.2 Å². The van der Waals surface area contributed by atoms with E-state index in [0.29, 0.717) is 0 Å². The van der Waals surface area contributed by atoms with Crippen molar-refractivity contribution in [3.8, 4) is 0 Å². The molecule has 2 heterocycles. The van der Waals surface area contributed by atoms with Gasteiger partial charge in [-0.15, -0.1) is 0 Å². The predicted molar refractivity (Wildman–Crippen MR) is 70.6 cm³/mol. The number of non-ortho nitro benzene ring substituents is 1. The maximum atomic E-state index is 12.0. The van der Waals surface area contributed by atoms with Gasteiger partial charge in [-0.05, 0) is 5.56 Å². The zero-order valence-corrected chi connectivity index (χ0v) is 10.6. The number of pyridine rings is 1. The Morgan fingerprint density at radius 3 is 2.41 bits per heavy atom. The average molecular weight is 306 g/mol. The Bertz CT molecular complexity index is 932. The number of benzene rings is 1. The van der Waals surface area contributed by atoms with Crippen LogP contribution >= 0.6 is 0 Å². The summed E-state index contributed by atoms with van der Waals surface area (Å²) in [5.74, 6) is -0.956. The van der Waals surface area contributed by atoms with Crippen LogP contribution in [0.3, 0.4) is 0 Å². The molecule has 0 spiro atoms. The number of hydrogen-bond acceptors (Lipinski definition) is 7. The maximum absolute atomic E-state index is 12.0. The van der Waals surface area contributed by atoms with Crippen LogP contribution in [-0.4, -0.2) is 20.7 Å². The number of rotatable bonds is 2. The summed E-state index contributed by atoms with van der Waals surface area (Å²) in [6.45, 7) is 0. The number of H-pyrrole nitrogens is 1. The number of aromatic nitrogens is 1. The molecule has 112 valence electrons. The molecule has 2 N–H and O–H groups in total. The van der Waals surface area contributed by atoms with Crippen molar-refractivity contribution in [1.82, 2.24) is 4.98 Å². The summed E-state index contributed by atoms with van der Waals surface area (Å²) in [5, 5.41) is 32.7. The summed E-state index contributed by atoms with van der Waals surface area (Å²) in [6, 6.07) is 2.06. The lowest BCUT2D eigenvalue weighted by Crippen LogP contribution is -3.06. The fraction of sp³-hybridized carbons (Fsp3) is 0.0909. The molecule has 0 fully saturated rings. The van der Waals surface area contributed by atoms with Crippen LogP contribution in [0.5, 0.6) is 0 Å². The van der Waals surface area contributed by atoms with Gasteiger partial charge in [-0.1, -0.05) is 0 Å². The minimum absolute atomic E-state index is 0.00139. The number of hydrogen-bond donors (Lipinski definition) is 2. The molecule has 1 unspecified atom stereocenters. The molecule has 11 nitrogen and oxygen atoms in total.